The van der Waals surface area contributed by atoms with Crippen molar-refractivity contribution in [2.24, 2.45) is 11.7 Å². The van der Waals surface area contributed by atoms with Gasteiger partial charge in [-0.15, -0.1) is 0 Å². The number of hydrogen-bond donors (Lipinski definition) is 1. The summed E-state index contributed by atoms with van der Waals surface area (Å²) in [6, 6.07) is 0.193. The molecule has 1 amide bonds. The van der Waals surface area contributed by atoms with Gasteiger partial charge in [0, 0.05) is 12.6 Å². The molecule has 0 radical (unpaired) electrons. The molecule has 3 atom stereocenters. The van der Waals surface area contributed by atoms with Crippen molar-refractivity contribution in [3.63, 3.8) is 0 Å². The molecule has 2 fully saturated rings. The zero-order valence-corrected chi connectivity index (χ0v) is 8.91. The van der Waals surface area contributed by atoms with E-state index in [1.165, 1.54) is 32.1 Å². The van der Waals surface area contributed by atoms with E-state index in [1.54, 1.807) is 6.92 Å². The highest BCUT2D eigenvalue weighted by atomic mass is 16.2. The molecule has 1 saturated carbocycles. The van der Waals surface area contributed by atoms with Crippen molar-refractivity contribution in [1.82, 2.24) is 4.90 Å². The third-order valence-corrected chi connectivity index (χ3v) is 3.68. The minimum absolute atomic E-state index is 0.152. The summed E-state index contributed by atoms with van der Waals surface area (Å²) in [6.45, 7) is 2.73. The van der Waals surface area contributed by atoms with Gasteiger partial charge in [0.2, 0.25) is 5.91 Å². The second kappa shape index (κ2) is 3.89. The van der Waals surface area contributed by atoms with Gasteiger partial charge in [-0.2, -0.15) is 0 Å². The van der Waals surface area contributed by atoms with Gasteiger partial charge in [-0.3, -0.25) is 4.79 Å². The van der Waals surface area contributed by atoms with Gasteiger partial charge in [0.1, 0.15) is 0 Å². The molecular formula is C11H20N2O. The molecule has 1 saturated heterocycles. The molecule has 80 valence electrons. The van der Waals surface area contributed by atoms with Crippen molar-refractivity contribution in [3.8, 4) is 0 Å². The van der Waals surface area contributed by atoms with Gasteiger partial charge in [0.05, 0.1) is 6.04 Å². The Morgan fingerprint density at radius 1 is 1.36 bits per heavy atom. The van der Waals surface area contributed by atoms with E-state index in [1.807, 2.05) is 4.90 Å². The van der Waals surface area contributed by atoms with Crippen molar-refractivity contribution >= 4 is 5.91 Å². The predicted octanol–water partition coefficient (Wildman–Crippen LogP) is 1.12. The Labute approximate surface area is 85.6 Å². The first-order valence-electron chi connectivity index (χ1n) is 5.76. The van der Waals surface area contributed by atoms with Crippen molar-refractivity contribution in [2.45, 2.75) is 51.1 Å². The fourth-order valence-electron chi connectivity index (χ4n) is 2.94. The number of nitrogens with zero attached hydrogens (tertiary/aromatic N) is 1. The van der Waals surface area contributed by atoms with Crippen molar-refractivity contribution in [3.05, 3.63) is 0 Å². The van der Waals surface area contributed by atoms with Crippen LogP contribution in [0.25, 0.3) is 0 Å². The number of nitrogens with two attached hydrogens (primary N) is 1. The lowest BCUT2D eigenvalue weighted by atomic mass is 9.85. The van der Waals surface area contributed by atoms with E-state index < -0.39 is 0 Å². The summed E-state index contributed by atoms with van der Waals surface area (Å²) in [6.07, 6.45) is 6.34. The predicted molar refractivity (Wildman–Crippen MR) is 55.7 cm³/mol. The maximum atomic E-state index is 11.8. The zero-order valence-electron chi connectivity index (χ0n) is 8.91. The summed E-state index contributed by atoms with van der Waals surface area (Å²) in [7, 11) is 0. The van der Waals surface area contributed by atoms with Gasteiger partial charge in [0.15, 0.2) is 0 Å². The Kier molecular flexibility index (Phi) is 2.77. The van der Waals surface area contributed by atoms with Crippen LogP contribution in [0.2, 0.25) is 0 Å². The van der Waals surface area contributed by atoms with Gasteiger partial charge >= 0.3 is 0 Å². The monoisotopic (exact) mass is 196 g/mol. The van der Waals surface area contributed by atoms with Crippen LogP contribution in [0.3, 0.4) is 0 Å². The molecule has 0 bridgehead atoms. The fourth-order valence-corrected chi connectivity index (χ4v) is 2.94. The Balaban J connectivity index is 2.03. The molecule has 0 aromatic carbocycles. The first-order valence-corrected chi connectivity index (χ1v) is 5.76. The molecule has 1 heterocycles. The van der Waals surface area contributed by atoms with Gasteiger partial charge in [0.25, 0.3) is 0 Å². The van der Waals surface area contributed by atoms with Crippen LogP contribution < -0.4 is 5.73 Å². The van der Waals surface area contributed by atoms with E-state index in [2.05, 4.69) is 0 Å². The van der Waals surface area contributed by atoms with E-state index >= 15 is 0 Å². The number of amides is 1. The second-order valence-corrected chi connectivity index (χ2v) is 4.72. The van der Waals surface area contributed by atoms with Gasteiger partial charge < -0.3 is 10.6 Å². The highest BCUT2D eigenvalue weighted by Crippen LogP contribution is 2.36. The molecule has 14 heavy (non-hydrogen) atoms. The Bertz CT molecular complexity index is 227. The number of carbonyl (C=O) groups excluding carboxylic acids is 1. The lowest BCUT2D eigenvalue weighted by molar-refractivity contribution is -0.133. The van der Waals surface area contributed by atoms with E-state index in [0.29, 0.717) is 6.04 Å². The summed E-state index contributed by atoms with van der Waals surface area (Å²) in [5.74, 6) is 0.922. The summed E-state index contributed by atoms with van der Waals surface area (Å²) in [5, 5.41) is 0. The zero-order chi connectivity index (χ0) is 10.1. The molecule has 1 aliphatic heterocycles. The molecule has 2 aliphatic rings. The Hall–Kier alpha value is -0.570. The van der Waals surface area contributed by atoms with Crippen LogP contribution in [0.15, 0.2) is 0 Å². The standard InChI is InChI=1S/C11H20N2O/c1-8(12)11(14)13-7-6-9-4-2-3-5-10(9)13/h8-10H,2-7,12H2,1H3/t8-,9?,10?/m1/s1. The van der Waals surface area contributed by atoms with E-state index in [4.69, 9.17) is 5.73 Å². The topological polar surface area (TPSA) is 46.3 Å². The maximum absolute atomic E-state index is 11.8. The van der Waals surface area contributed by atoms with Crippen molar-refractivity contribution in [1.29, 1.82) is 0 Å². The molecule has 3 nitrogen and oxygen atoms in total. The van der Waals surface area contributed by atoms with Crippen LogP contribution in [-0.4, -0.2) is 29.4 Å². The fraction of sp³-hybridized carbons (Fsp3) is 0.909. The minimum atomic E-state index is -0.323. The average molecular weight is 196 g/mol. The smallest absolute Gasteiger partial charge is 0.239 e. The third-order valence-electron chi connectivity index (χ3n) is 3.68. The Morgan fingerprint density at radius 3 is 2.79 bits per heavy atom. The number of rotatable bonds is 1. The van der Waals surface area contributed by atoms with Crippen LogP contribution in [0.4, 0.5) is 0 Å². The number of hydrogen-bond acceptors (Lipinski definition) is 2. The number of fused-ring (bicyclic) bond motifs is 1. The lowest BCUT2D eigenvalue weighted by Gasteiger charge is -2.32. The first-order chi connectivity index (χ1) is 6.70. The first kappa shape index (κ1) is 9.97. The van der Waals surface area contributed by atoms with Crippen molar-refractivity contribution in [2.75, 3.05) is 6.54 Å². The van der Waals surface area contributed by atoms with Gasteiger partial charge in [-0.1, -0.05) is 12.8 Å². The normalized spacial score (nSPS) is 34.0. The molecule has 3 heteroatoms. The van der Waals surface area contributed by atoms with E-state index in [0.717, 1.165) is 12.5 Å². The van der Waals surface area contributed by atoms with Crippen LogP contribution in [0.5, 0.6) is 0 Å². The van der Waals surface area contributed by atoms with Crippen LogP contribution in [-0.2, 0) is 4.79 Å². The molecule has 0 aromatic rings. The molecule has 2 unspecified atom stereocenters. The molecule has 2 rings (SSSR count). The SMILES string of the molecule is C[C@@H](N)C(=O)N1CCC2CCCCC21. The van der Waals surface area contributed by atoms with E-state index in [9.17, 15) is 4.79 Å². The lowest BCUT2D eigenvalue weighted by Crippen LogP contribution is -2.46. The Morgan fingerprint density at radius 2 is 2.07 bits per heavy atom. The van der Waals surface area contributed by atoms with Crippen molar-refractivity contribution < 1.29 is 4.79 Å². The molecule has 0 aromatic heterocycles. The summed E-state index contributed by atoms with van der Waals surface area (Å²) in [5.41, 5.74) is 5.65. The maximum Gasteiger partial charge on any atom is 0.239 e. The summed E-state index contributed by atoms with van der Waals surface area (Å²) in [4.78, 5) is 13.8. The molecule has 2 N–H and O–H groups in total. The highest BCUT2D eigenvalue weighted by Gasteiger charge is 2.38. The second-order valence-electron chi connectivity index (χ2n) is 4.72. The molecule has 0 spiro atoms. The van der Waals surface area contributed by atoms with E-state index in [-0.39, 0.29) is 11.9 Å². The average Bonchev–Trinajstić information content (AvgIpc) is 2.60. The number of carbonyl (C=O) groups is 1. The van der Waals surface area contributed by atoms with Gasteiger partial charge in [-0.05, 0) is 32.1 Å². The van der Waals surface area contributed by atoms with Crippen LogP contribution in [0.1, 0.15) is 39.0 Å². The third kappa shape index (κ3) is 1.65. The molecular weight excluding hydrogens is 176 g/mol. The highest BCUT2D eigenvalue weighted by molar-refractivity contribution is 5.81. The largest absolute Gasteiger partial charge is 0.338 e. The van der Waals surface area contributed by atoms with Crippen LogP contribution in [0, 0.1) is 5.92 Å². The summed E-state index contributed by atoms with van der Waals surface area (Å²) >= 11 is 0. The minimum Gasteiger partial charge on any atom is -0.338 e. The number of likely N-dealkylation sites (tertiary alicyclic amines) is 1. The van der Waals surface area contributed by atoms with Gasteiger partial charge in [-0.25, -0.2) is 0 Å². The quantitative estimate of drug-likeness (QED) is 0.683. The molecule has 1 aliphatic carbocycles. The summed E-state index contributed by atoms with van der Waals surface area (Å²) < 4.78 is 0. The van der Waals surface area contributed by atoms with Crippen LogP contribution >= 0.6 is 0 Å².